The summed E-state index contributed by atoms with van der Waals surface area (Å²) in [5.74, 6) is 0. The average Bonchev–Trinajstić information content (AvgIpc) is 3.24. The lowest BCUT2D eigenvalue weighted by Gasteiger charge is -2.25. The van der Waals surface area contributed by atoms with Gasteiger partial charge >= 0.3 is 0 Å². The SMILES string of the molecule is CC1CC(O)(c2cccc3ncccc23)CN1C1CC1. The van der Waals surface area contributed by atoms with Crippen LogP contribution in [0.4, 0.5) is 0 Å². The fraction of sp³-hybridized carbons (Fsp3) is 0.471. The van der Waals surface area contributed by atoms with Gasteiger partial charge in [0.2, 0.25) is 0 Å². The normalized spacial score (nSPS) is 31.0. The number of fused-ring (bicyclic) bond motifs is 1. The van der Waals surface area contributed by atoms with Crippen LogP contribution in [0.25, 0.3) is 10.9 Å². The Labute approximate surface area is 119 Å². The molecule has 4 rings (SSSR count). The molecule has 2 atom stereocenters. The van der Waals surface area contributed by atoms with E-state index in [1.54, 1.807) is 0 Å². The molecule has 1 aromatic carbocycles. The minimum atomic E-state index is -0.732. The third-order valence-corrected chi connectivity index (χ3v) is 4.81. The number of pyridine rings is 1. The van der Waals surface area contributed by atoms with Crippen molar-refractivity contribution in [2.75, 3.05) is 6.54 Å². The van der Waals surface area contributed by atoms with Gasteiger partial charge in [0.05, 0.1) is 5.52 Å². The van der Waals surface area contributed by atoms with Crippen molar-refractivity contribution in [1.29, 1.82) is 0 Å². The Morgan fingerprint density at radius 2 is 2.10 bits per heavy atom. The maximum absolute atomic E-state index is 11.2. The molecule has 2 heterocycles. The minimum absolute atomic E-state index is 0.458. The molecule has 2 unspecified atom stereocenters. The molecule has 2 aromatic rings. The number of benzene rings is 1. The topological polar surface area (TPSA) is 36.4 Å². The summed E-state index contributed by atoms with van der Waals surface area (Å²) in [5, 5.41) is 12.3. The highest BCUT2D eigenvalue weighted by molar-refractivity contribution is 5.83. The van der Waals surface area contributed by atoms with Crippen molar-refractivity contribution in [3.63, 3.8) is 0 Å². The molecule has 2 fully saturated rings. The molecular weight excluding hydrogens is 248 g/mol. The molecule has 1 aliphatic carbocycles. The van der Waals surface area contributed by atoms with Crippen molar-refractivity contribution in [2.45, 2.75) is 43.9 Å². The minimum Gasteiger partial charge on any atom is -0.384 e. The van der Waals surface area contributed by atoms with Gasteiger partial charge in [0, 0.05) is 30.2 Å². The molecule has 3 heteroatoms. The van der Waals surface area contributed by atoms with E-state index in [9.17, 15) is 5.11 Å². The highest BCUT2D eigenvalue weighted by Gasteiger charge is 2.47. The predicted molar refractivity (Wildman–Crippen MR) is 79.4 cm³/mol. The van der Waals surface area contributed by atoms with Crippen LogP contribution < -0.4 is 0 Å². The van der Waals surface area contributed by atoms with Gasteiger partial charge < -0.3 is 5.11 Å². The largest absolute Gasteiger partial charge is 0.384 e. The highest BCUT2D eigenvalue weighted by Crippen LogP contribution is 2.43. The lowest BCUT2D eigenvalue weighted by atomic mass is 9.88. The van der Waals surface area contributed by atoms with Crippen LogP contribution in [0.3, 0.4) is 0 Å². The van der Waals surface area contributed by atoms with E-state index < -0.39 is 5.60 Å². The zero-order valence-electron chi connectivity index (χ0n) is 11.8. The monoisotopic (exact) mass is 268 g/mol. The van der Waals surface area contributed by atoms with Gasteiger partial charge in [0.1, 0.15) is 5.60 Å². The zero-order chi connectivity index (χ0) is 13.7. The van der Waals surface area contributed by atoms with Gasteiger partial charge in [-0.2, -0.15) is 0 Å². The number of likely N-dealkylation sites (tertiary alicyclic amines) is 1. The standard InChI is InChI=1S/C17H20N2O/c1-12-10-17(20,11-19(12)13-7-8-13)15-5-2-6-16-14(15)4-3-9-18-16/h2-6,9,12-13,20H,7-8,10-11H2,1H3. The predicted octanol–water partition coefficient (Wildman–Crippen LogP) is 2.68. The molecule has 3 nitrogen and oxygen atoms in total. The molecule has 2 aliphatic rings. The Bertz CT molecular complexity index is 647. The molecule has 1 N–H and O–H groups in total. The second-order valence-corrected chi connectivity index (χ2v) is 6.36. The van der Waals surface area contributed by atoms with Crippen LogP contribution in [0.1, 0.15) is 31.7 Å². The molecule has 0 amide bonds. The summed E-state index contributed by atoms with van der Waals surface area (Å²) in [5.41, 5.74) is 1.28. The summed E-state index contributed by atoms with van der Waals surface area (Å²) in [7, 11) is 0. The van der Waals surface area contributed by atoms with Crippen molar-refractivity contribution in [3.05, 3.63) is 42.1 Å². The number of β-amino-alcohol motifs (C(OH)–C–C–N with tert-alkyl or cyclic N) is 1. The number of hydrogen-bond acceptors (Lipinski definition) is 3. The fourth-order valence-corrected chi connectivity index (χ4v) is 3.73. The van der Waals surface area contributed by atoms with Crippen LogP contribution in [0.2, 0.25) is 0 Å². The number of nitrogens with zero attached hydrogens (tertiary/aromatic N) is 2. The van der Waals surface area contributed by atoms with Crippen molar-refractivity contribution in [3.8, 4) is 0 Å². The van der Waals surface area contributed by atoms with Crippen LogP contribution in [0, 0.1) is 0 Å². The maximum Gasteiger partial charge on any atom is 0.104 e. The summed E-state index contributed by atoms with van der Waals surface area (Å²) in [6.07, 6.45) is 5.20. The van der Waals surface area contributed by atoms with Crippen LogP contribution >= 0.6 is 0 Å². The fourth-order valence-electron chi connectivity index (χ4n) is 3.73. The molecule has 1 aromatic heterocycles. The lowest BCUT2D eigenvalue weighted by molar-refractivity contribution is 0.0466. The van der Waals surface area contributed by atoms with Crippen molar-refractivity contribution in [2.24, 2.45) is 0 Å². The lowest BCUT2D eigenvalue weighted by Crippen LogP contribution is -2.33. The molecule has 1 saturated carbocycles. The van der Waals surface area contributed by atoms with Gasteiger partial charge in [-0.25, -0.2) is 0 Å². The summed E-state index contributed by atoms with van der Waals surface area (Å²) in [4.78, 5) is 6.89. The van der Waals surface area contributed by atoms with E-state index >= 15 is 0 Å². The summed E-state index contributed by atoms with van der Waals surface area (Å²) < 4.78 is 0. The quantitative estimate of drug-likeness (QED) is 0.909. The first-order valence-electron chi connectivity index (χ1n) is 7.50. The zero-order valence-corrected chi connectivity index (χ0v) is 11.8. The Hall–Kier alpha value is -1.45. The third kappa shape index (κ3) is 1.85. The summed E-state index contributed by atoms with van der Waals surface area (Å²) in [6.45, 7) is 2.99. The van der Waals surface area contributed by atoms with Gasteiger partial charge in [-0.05, 0) is 43.9 Å². The number of hydrogen-bond donors (Lipinski definition) is 1. The Kier molecular flexibility index (Phi) is 2.63. The Morgan fingerprint density at radius 1 is 1.25 bits per heavy atom. The molecule has 1 aliphatic heterocycles. The van der Waals surface area contributed by atoms with Crippen molar-refractivity contribution >= 4 is 10.9 Å². The molecule has 0 bridgehead atoms. The second kappa shape index (κ2) is 4.27. The second-order valence-electron chi connectivity index (χ2n) is 6.36. The first kappa shape index (κ1) is 12.3. The van der Waals surface area contributed by atoms with Gasteiger partial charge in [-0.3, -0.25) is 9.88 Å². The van der Waals surface area contributed by atoms with E-state index in [1.165, 1.54) is 12.8 Å². The Morgan fingerprint density at radius 3 is 2.90 bits per heavy atom. The number of aromatic nitrogens is 1. The van der Waals surface area contributed by atoms with E-state index in [0.717, 1.165) is 29.4 Å². The maximum atomic E-state index is 11.2. The first-order chi connectivity index (χ1) is 9.67. The van der Waals surface area contributed by atoms with E-state index in [4.69, 9.17) is 0 Å². The molecule has 20 heavy (non-hydrogen) atoms. The van der Waals surface area contributed by atoms with E-state index in [1.807, 2.05) is 24.4 Å². The first-order valence-corrected chi connectivity index (χ1v) is 7.50. The third-order valence-electron chi connectivity index (χ3n) is 4.81. The van der Waals surface area contributed by atoms with E-state index in [0.29, 0.717) is 12.1 Å². The summed E-state index contributed by atoms with van der Waals surface area (Å²) in [6, 6.07) is 11.3. The van der Waals surface area contributed by atoms with E-state index in [2.05, 4.69) is 28.9 Å². The van der Waals surface area contributed by atoms with Crippen LogP contribution in [0.15, 0.2) is 36.5 Å². The van der Waals surface area contributed by atoms with Gasteiger partial charge in [-0.1, -0.05) is 18.2 Å². The van der Waals surface area contributed by atoms with Crippen LogP contribution in [0.5, 0.6) is 0 Å². The highest BCUT2D eigenvalue weighted by atomic mass is 16.3. The molecule has 104 valence electrons. The van der Waals surface area contributed by atoms with E-state index in [-0.39, 0.29) is 0 Å². The van der Waals surface area contributed by atoms with Gasteiger partial charge in [0.15, 0.2) is 0 Å². The van der Waals surface area contributed by atoms with Crippen molar-refractivity contribution < 1.29 is 5.11 Å². The number of aliphatic hydroxyl groups is 1. The smallest absolute Gasteiger partial charge is 0.104 e. The average molecular weight is 268 g/mol. The van der Waals surface area contributed by atoms with Crippen molar-refractivity contribution in [1.82, 2.24) is 9.88 Å². The van der Waals surface area contributed by atoms with Crippen LogP contribution in [-0.4, -0.2) is 33.6 Å². The molecular formula is C17H20N2O. The molecule has 0 radical (unpaired) electrons. The van der Waals surface area contributed by atoms with Gasteiger partial charge in [0.25, 0.3) is 0 Å². The summed E-state index contributed by atoms with van der Waals surface area (Å²) >= 11 is 0. The van der Waals surface area contributed by atoms with Crippen LogP contribution in [-0.2, 0) is 5.60 Å². The number of rotatable bonds is 2. The molecule has 1 saturated heterocycles. The van der Waals surface area contributed by atoms with Gasteiger partial charge in [-0.15, -0.1) is 0 Å². The molecule has 0 spiro atoms. The Balaban J connectivity index is 1.78.